The number of benzene rings is 1. The van der Waals surface area contributed by atoms with Gasteiger partial charge in [0.15, 0.2) is 0 Å². The maximum absolute atomic E-state index is 12.0. The van der Waals surface area contributed by atoms with Crippen molar-refractivity contribution in [3.63, 3.8) is 0 Å². The highest BCUT2D eigenvalue weighted by atomic mass is 32.2. The van der Waals surface area contributed by atoms with Crippen molar-refractivity contribution in [1.29, 1.82) is 0 Å². The van der Waals surface area contributed by atoms with Crippen molar-refractivity contribution in [2.45, 2.75) is 16.5 Å². The first kappa shape index (κ1) is 21.2. The highest BCUT2D eigenvalue weighted by molar-refractivity contribution is 7.99. The van der Waals surface area contributed by atoms with Crippen molar-refractivity contribution in [3.05, 3.63) is 48.2 Å². The topological polar surface area (TPSA) is 82.6 Å². The number of nitrogens with one attached hydrogen (secondary N) is 1. The molecule has 2 aromatic rings. The van der Waals surface area contributed by atoms with Gasteiger partial charge in [0.05, 0.1) is 10.8 Å². The number of amides is 1. The zero-order valence-corrected chi connectivity index (χ0v) is 17.5. The molecule has 146 valence electrons. The van der Waals surface area contributed by atoms with Gasteiger partial charge in [0.2, 0.25) is 15.9 Å². The smallest absolute Gasteiger partial charge is 0.244 e. The Bertz CT molecular complexity index is 864. The van der Waals surface area contributed by atoms with E-state index < -0.39 is 10.0 Å². The third-order valence-electron chi connectivity index (χ3n) is 3.78. The van der Waals surface area contributed by atoms with E-state index in [4.69, 9.17) is 0 Å². The number of anilines is 1. The number of sulfonamides is 1. The van der Waals surface area contributed by atoms with E-state index >= 15 is 0 Å². The zero-order chi connectivity index (χ0) is 20.0. The van der Waals surface area contributed by atoms with E-state index in [0.29, 0.717) is 11.6 Å². The molecule has 0 fully saturated rings. The summed E-state index contributed by atoms with van der Waals surface area (Å²) < 4.78 is 25.1. The van der Waals surface area contributed by atoms with Gasteiger partial charge in [-0.15, -0.1) is 0 Å². The Morgan fingerprint density at radius 2 is 1.74 bits per heavy atom. The summed E-state index contributed by atoms with van der Waals surface area (Å²) in [5.74, 6) is 0.103. The quantitative estimate of drug-likeness (QED) is 0.671. The first-order valence-corrected chi connectivity index (χ1v) is 10.7. The largest absolute Gasteiger partial charge is 0.378 e. The summed E-state index contributed by atoms with van der Waals surface area (Å²) in [7, 11) is 3.40. The molecule has 0 saturated carbocycles. The van der Waals surface area contributed by atoms with E-state index in [1.165, 1.54) is 38.1 Å². The van der Waals surface area contributed by atoms with Crippen LogP contribution in [0.4, 0.5) is 5.69 Å². The SMILES string of the molecule is CN(C)c1ccc(CNC(=O)CSc2ccc(S(=O)(=O)N(C)C)cn2)cc1. The minimum Gasteiger partial charge on any atom is -0.378 e. The van der Waals surface area contributed by atoms with Crippen LogP contribution in [-0.4, -0.2) is 57.6 Å². The van der Waals surface area contributed by atoms with Crippen LogP contribution in [0.5, 0.6) is 0 Å². The highest BCUT2D eigenvalue weighted by Gasteiger charge is 2.17. The maximum Gasteiger partial charge on any atom is 0.244 e. The molecule has 0 aliphatic heterocycles. The minimum atomic E-state index is -3.49. The molecule has 0 bridgehead atoms. The van der Waals surface area contributed by atoms with E-state index in [2.05, 4.69) is 10.3 Å². The van der Waals surface area contributed by atoms with Crippen molar-refractivity contribution in [3.8, 4) is 0 Å². The molecule has 27 heavy (non-hydrogen) atoms. The summed E-state index contributed by atoms with van der Waals surface area (Å²) in [5, 5.41) is 3.46. The Balaban J connectivity index is 1.83. The van der Waals surface area contributed by atoms with E-state index in [-0.39, 0.29) is 16.6 Å². The standard InChI is InChI=1S/C18H24N4O3S2/c1-21(2)15-7-5-14(6-8-15)11-19-17(23)13-26-18-10-9-16(12-20-18)27(24,25)22(3)4/h5-10,12H,11,13H2,1-4H3,(H,19,23). The van der Waals surface area contributed by atoms with Crippen LogP contribution in [0.3, 0.4) is 0 Å². The summed E-state index contributed by atoms with van der Waals surface area (Å²) in [6.07, 6.45) is 1.31. The fourth-order valence-electron chi connectivity index (χ4n) is 2.12. The third-order valence-corrected chi connectivity index (χ3v) is 6.52. The number of carbonyl (C=O) groups excluding carboxylic acids is 1. The summed E-state index contributed by atoms with van der Waals surface area (Å²) in [6, 6.07) is 11.1. The number of hydrogen-bond donors (Lipinski definition) is 1. The van der Waals surface area contributed by atoms with Crippen LogP contribution in [0, 0.1) is 0 Å². The summed E-state index contributed by atoms with van der Waals surface area (Å²) in [5.41, 5.74) is 2.13. The van der Waals surface area contributed by atoms with Crippen molar-refractivity contribution in [2.24, 2.45) is 0 Å². The van der Waals surface area contributed by atoms with Gasteiger partial charge in [-0.3, -0.25) is 4.79 Å². The second-order valence-electron chi connectivity index (χ2n) is 6.25. The van der Waals surface area contributed by atoms with Crippen LogP contribution in [0.2, 0.25) is 0 Å². The monoisotopic (exact) mass is 408 g/mol. The van der Waals surface area contributed by atoms with E-state index in [0.717, 1.165) is 15.6 Å². The van der Waals surface area contributed by atoms with Gasteiger partial charge in [0, 0.05) is 46.6 Å². The maximum atomic E-state index is 12.0. The lowest BCUT2D eigenvalue weighted by atomic mass is 10.2. The molecule has 0 saturated heterocycles. The minimum absolute atomic E-state index is 0.108. The van der Waals surface area contributed by atoms with Crippen molar-refractivity contribution < 1.29 is 13.2 Å². The van der Waals surface area contributed by atoms with Gasteiger partial charge in [-0.25, -0.2) is 17.7 Å². The lowest BCUT2D eigenvalue weighted by molar-refractivity contribution is -0.118. The fourth-order valence-corrected chi connectivity index (χ4v) is 3.64. The Kier molecular flexibility index (Phi) is 7.23. The van der Waals surface area contributed by atoms with Crippen molar-refractivity contribution in [2.75, 3.05) is 38.8 Å². The average Bonchev–Trinajstić information content (AvgIpc) is 2.65. The molecule has 0 spiro atoms. The molecular weight excluding hydrogens is 384 g/mol. The summed E-state index contributed by atoms with van der Waals surface area (Å²) >= 11 is 1.26. The number of nitrogens with zero attached hydrogens (tertiary/aromatic N) is 3. The summed E-state index contributed by atoms with van der Waals surface area (Å²) in [4.78, 5) is 18.3. The first-order valence-electron chi connectivity index (χ1n) is 8.24. The average molecular weight is 409 g/mol. The van der Waals surface area contributed by atoms with Crippen LogP contribution < -0.4 is 10.2 Å². The van der Waals surface area contributed by atoms with Crippen LogP contribution in [0.1, 0.15) is 5.56 Å². The van der Waals surface area contributed by atoms with Crippen LogP contribution in [-0.2, 0) is 21.4 Å². The predicted octanol–water partition coefficient (Wildman–Crippen LogP) is 1.81. The molecule has 1 aromatic heterocycles. The molecule has 0 aliphatic rings. The lowest BCUT2D eigenvalue weighted by Gasteiger charge is -2.13. The molecule has 0 unspecified atom stereocenters. The number of carbonyl (C=O) groups is 1. The second-order valence-corrected chi connectivity index (χ2v) is 9.39. The first-order chi connectivity index (χ1) is 12.7. The number of pyridine rings is 1. The van der Waals surface area contributed by atoms with Crippen LogP contribution in [0.15, 0.2) is 52.5 Å². The van der Waals surface area contributed by atoms with Gasteiger partial charge in [0.1, 0.15) is 4.90 Å². The van der Waals surface area contributed by atoms with Gasteiger partial charge in [-0.2, -0.15) is 0 Å². The van der Waals surface area contributed by atoms with Crippen LogP contribution >= 0.6 is 11.8 Å². The van der Waals surface area contributed by atoms with Gasteiger partial charge in [-0.05, 0) is 29.8 Å². The number of thioether (sulfide) groups is 1. The molecule has 1 amide bonds. The normalized spacial score (nSPS) is 11.4. The lowest BCUT2D eigenvalue weighted by Crippen LogP contribution is -2.24. The molecule has 1 N–H and O–H groups in total. The molecule has 1 aromatic carbocycles. The Labute approximate surface area is 164 Å². The Hall–Kier alpha value is -2.10. The molecular formula is C18H24N4O3S2. The molecule has 9 heteroatoms. The zero-order valence-electron chi connectivity index (χ0n) is 15.8. The van der Waals surface area contributed by atoms with E-state index in [1.54, 1.807) is 6.07 Å². The number of aromatic nitrogens is 1. The summed E-state index contributed by atoms with van der Waals surface area (Å²) in [6.45, 7) is 0.459. The second kappa shape index (κ2) is 9.20. The van der Waals surface area contributed by atoms with Gasteiger partial charge in [0.25, 0.3) is 0 Å². The molecule has 1 heterocycles. The number of rotatable bonds is 8. The van der Waals surface area contributed by atoms with Gasteiger partial charge >= 0.3 is 0 Å². The molecule has 0 radical (unpaired) electrons. The fraction of sp³-hybridized carbons (Fsp3) is 0.333. The van der Waals surface area contributed by atoms with E-state index in [1.807, 2.05) is 43.3 Å². The molecule has 7 nitrogen and oxygen atoms in total. The molecule has 2 rings (SSSR count). The van der Waals surface area contributed by atoms with Crippen LogP contribution in [0.25, 0.3) is 0 Å². The Morgan fingerprint density at radius 3 is 2.26 bits per heavy atom. The molecule has 0 aliphatic carbocycles. The molecule has 0 atom stereocenters. The predicted molar refractivity (Wildman–Crippen MR) is 108 cm³/mol. The van der Waals surface area contributed by atoms with Crippen molar-refractivity contribution in [1.82, 2.24) is 14.6 Å². The van der Waals surface area contributed by atoms with Gasteiger partial charge in [-0.1, -0.05) is 23.9 Å². The number of hydrogen-bond acceptors (Lipinski definition) is 6. The third kappa shape index (κ3) is 5.95. The van der Waals surface area contributed by atoms with Crippen molar-refractivity contribution >= 4 is 33.4 Å². The Morgan fingerprint density at radius 1 is 1.07 bits per heavy atom. The van der Waals surface area contributed by atoms with E-state index in [9.17, 15) is 13.2 Å². The highest BCUT2D eigenvalue weighted by Crippen LogP contribution is 2.18. The van der Waals surface area contributed by atoms with Gasteiger partial charge < -0.3 is 10.2 Å².